The summed E-state index contributed by atoms with van der Waals surface area (Å²) in [6.07, 6.45) is 1.91. The van der Waals surface area contributed by atoms with Crippen molar-refractivity contribution in [2.75, 3.05) is 17.1 Å². The van der Waals surface area contributed by atoms with Gasteiger partial charge in [0.05, 0.1) is 11.9 Å². The van der Waals surface area contributed by atoms with Crippen LogP contribution in [-0.4, -0.2) is 50.0 Å². The first-order valence-electron chi connectivity index (χ1n) is 12.7. The van der Waals surface area contributed by atoms with Crippen molar-refractivity contribution in [1.29, 1.82) is 0 Å². The number of hydrogen-bond donors (Lipinski definition) is 1. The lowest BCUT2D eigenvalue weighted by molar-refractivity contribution is -0.140. The van der Waals surface area contributed by atoms with E-state index in [1.807, 2.05) is 44.2 Å². The van der Waals surface area contributed by atoms with Crippen molar-refractivity contribution in [3.63, 3.8) is 0 Å². The average Bonchev–Trinajstić information content (AvgIpc) is 2.88. The summed E-state index contributed by atoms with van der Waals surface area (Å²) < 4.78 is 26.7. The number of hydrogen-bond acceptors (Lipinski definition) is 4. The van der Waals surface area contributed by atoms with Crippen molar-refractivity contribution in [3.05, 3.63) is 99.0 Å². The van der Waals surface area contributed by atoms with Gasteiger partial charge in [0.15, 0.2) is 0 Å². The van der Waals surface area contributed by atoms with E-state index in [1.54, 1.807) is 24.3 Å². The molecule has 0 spiro atoms. The molecule has 0 fully saturated rings. The number of halogens is 3. The highest BCUT2D eigenvalue weighted by Gasteiger charge is 2.33. The van der Waals surface area contributed by atoms with Crippen molar-refractivity contribution >= 4 is 62.3 Å². The zero-order valence-corrected chi connectivity index (χ0v) is 25.6. The van der Waals surface area contributed by atoms with Crippen molar-refractivity contribution in [3.8, 4) is 0 Å². The first kappa shape index (κ1) is 31.7. The molecule has 0 unspecified atom stereocenters. The third kappa shape index (κ3) is 9.13. The summed E-state index contributed by atoms with van der Waals surface area (Å²) in [5.74, 6) is -0.924. The van der Waals surface area contributed by atoms with Crippen molar-refractivity contribution in [2.24, 2.45) is 0 Å². The monoisotopic (exact) mass is 623 g/mol. The van der Waals surface area contributed by atoms with E-state index in [1.165, 1.54) is 23.1 Å². The number of rotatable bonds is 12. The Morgan fingerprint density at radius 1 is 0.875 bits per heavy atom. The molecule has 0 saturated heterocycles. The molecule has 40 heavy (non-hydrogen) atoms. The van der Waals surface area contributed by atoms with E-state index in [9.17, 15) is 18.0 Å². The van der Waals surface area contributed by atoms with Crippen LogP contribution in [0.2, 0.25) is 15.1 Å². The highest BCUT2D eigenvalue weighted by molar-refractivity contribution is 7.92. The van der Waals surface area contributed by atoms with Gasteiger partial charge in [-0.05, 0) is 54.8 Å². The molecule has 0 heterocycles. The molecule has 0 bridgehead atoms. The minimum Gasteiger partial charge on any atom is -0.352 e. The normalized spacial score (nSPS) is 12.8. The summed E-state index contributed by atoms with van der Waals surface area (Å²) in [4.78, 5) is 29.1. The van der Waals surface area contributed by atoms with Crippen LogP contribution >= 0.6 is 34.8 Å². The molecular weight excluding hydrogens is 593 g/mol. The smallest absolute Gasteiger partial charge is 0.244 e. The second-order valence-corrected chi connectivity index (χ2v) is 12.8. The molecule has 2 atom stereocenters. The van der Waals surface area contributed by atoms with Crippen LogP contribution in [0.25, 0.3) is 0 Å². The third-order valence-electron chi connectivity index (χ3n) is 6.33. The predicted octanol–water partition coefficient (Wildman–Crippen LogP) is 5.97. The number of anilines is 1. The van der Waals surface area contributed by atoms with Gasteiger partial charge in [-0.1, -0.05) is 84.2 Å². The van der Waals surface area contributed by atoms with Crippen molar-refractivity contribution in [1.82, 2.24) is 10.2 Å². The van der Waals surface area contributed by atoms with Gasteiger partial charge in [0.2, 0.25) is 21.8 Å². The lowest BCUT2D eigenvalue weighted by Gasteiger charge is -2.34. The van der Waals surface area contributed by atoms with E-state index >= 15 is 0 Å². The largest absolute Gasteiger partial charge is 0.352 e. The van der Waals surface area contributed by atoms with Gasteiger partial charge in [-0.2, -0.15) is 0 Å². The molecule has 2 amide bonds. The average molecular weight is 625 g/mol. The Morgan fingerprint density at radius 3 is 2.08 bits per heavy atom. The van der Waals surface area contributed by atoms with Crippen LogP contribution in [-0.2, 0) is 32.6 Å². The van der Waals surface area contributed by atoms with E-state index < -0.39 is 28.5 Å². The van der Waals surface area contributed by atoms with Crippen LogP contribution in [0.1, 0.15) is 31.4 Å². The topological polar surface area (TPSA) is 86.8 Å². The van der Waals surface area contributed by atoms with Crippen LogP contribution in [0.3, 0.4) is 0 Å². The van der Waals surface area contributed by atoms with Gasteiger partial charge in [0.1, 0.15) is 12.6 Å². The van der Waals surface area contributed by atoms with Crippen LogP contribution in [0.4, 0.5) is 5.69 Å². The van der Waals surface area contributed by atoms with E-state index in [2.05, 4.69) is 5.32 Å². The Balaban J connectivity index is 2.08. The first-order valence-corrected chi connectivity index (χ1v) is 15.7. The van der Waals surface area contributed by atoms with Gasteiger partial charge in [0, 0.05) is 34.1 Å². The quantitative estimate of drug-likeness (QED) is 0.269. The summed E-state index contributed by atoms with van der Waals surface area (Å²) in [6, 6.07) is 19.5. The van der Waals surface area contributed by atoms with Crippen molar-refractivity contribution < 1.29 is 18.0 Å². The SMILES string of the molecule is CC[C@@H](C)NC(=O)[C@H](Cc1ccccc1)N(Cc1cccc(Cl)c1)C(=O)CN(c1cc(Cl)cc(Cl)c1)S(C)(=O)=O. The standard InChI is InChI=1S/C29H32Cl3N3O4S/c1-4-20(2)33-29(37)27(14-21-9-6-5-7-10-21)34(18-22-11-8-12-23(30)13-22)28(36)19-35(40(3,38)39)26-16-24(31)15-25(32)17-26/h5-13,15-17,20,27H,4,14,18-19H2,1-3H3,(H,33,37)/t20-,27+/m1/s1. The summed E-state index contributed by atoms with van der Waals surface area (Å²) in [6.45, 7) is 3.29. The highest BCUT2D eigenvalue weighted by atomic mass is 35.5. The maximum absolute atomic E-state index is 14.1. The number of nitrogens with one attached hydrogen (secondary N) is 1. The second kappa shape index (κ2) is 14.2. The molecule has 0 aliphatic carbocycles. The van der Waals surface area contributed by atoms with E-state index in [4.69, 9.17) is 34.8 Å². The number of carbonyl (C=O) groups is 2. The molecule has 7 nitrogen and oxygen atoms in total. The van der Waals surface area contributed by atoms with Crippen LogP contribution in [0.5, 0.6) is 0 Å². The molecule has 214 valence electrons. The lowest BCUT2D eigenvalue weighted by Crippen LogP contribution is -2.54. The maximum Gasteiger partial charge on any atom is 0.244 e. The molecule has 3 aromatic rings. The fourth-order valence-corrected chi connectivity index (χ4v) is 5.68. The molecule has 0 aliphatic rings. The van der Waals surface area contributed by atoms with E-state index in [-0.39, 0.29) is 40.6 Å². The predicted molar refractivity (Wildman–Crippen MR) is 162 cm³/mol. The molecule has 0 radical (unpaired) electrons. The molecule has 1 N–H and O–H groups in total. The second-order valence-electron chi connectivity index (χ2n) is 9.57. The summed E-state index contributed by atoms with van der Waals surface area (Å²) >= 11 is 18.5. The van der Waals surface area contributed by atoms with E-state index in [0.717, 1.165) is 16.1 Å². The van der Waals surface area contributed by atoms with Crippen molar-refractivity contribution in [2.45, 2.75) is 45.3 Å². The van der Waals surface area contributed by atoms with Gasteiger partial charge >= 0.3 is 0 Å². The Hall–Kier alpha value is -2.78. The minimum atomic E-state index is -3.94. The summed E-state index contributed by atoms with van der Waals surface area (Å²) in [7, 11) is -3.94. The number of amides is 2. The van der Waals surface area contributed by atoms with Crippen LogP contribution in [0, 0.1) is 0 Å². The molecule has 0 aromatic heterocycles. The number of benzene rings is 3. The Morgan fingerprint density at radius 2 is 1.50 bits per heavy atom. The van der Waals surface area contributed by atoms with Gasteiger partial charge < -0.3 is 10.2 Å². The minimum absolute atomic E-state index is 0.0265. The summed E-state index contributed by atoms with van der Waals surface area (Å²) in [5, 5.41) is 3.89. The highest BCUT2D eigenvalue weighted by Crippen LogP contribution is 2.28. The van der Waals surface area contributed by atoms with E-state index in [0.29, 0.717) is 17.0 Å². The maximum atomic E-state index is 14.1. The molecule has 3 rings (SSSR count). The first-order chi connectivity index (χ1) is 18.9. The van der Waals surface area contributed by atoms with Gasteiger partial charge in [-0.15, -0.1) is 0 Å². The molecule has 11 heteroatoms. The molecular formula is C29H32Cl3N3O4S. The fourth-order valence-electron chi connectivity index (χ4n) is 4.12. The molecule has 3 aromatic carbocycles. The van der Waals surface area contributed by atoms with Gasteiger partial charge in [0.25, 0.3) is 0 Å². The Labute approximate surface area is 251 Å². The number of nitrogens with zero attached hydrogens (tertiary/aromatic N) is 2. The molecule has 0 aliphatic heterocycles. The fraction of sp³-hybridized carbons (Fsp3) is 0.310. The third-order valence-corrected chi connectivity index (χ3v) is 8.14. The molecule has 0 saturated carbocycles. The van der Waals surface area contributed by atoms with Gasteiger partial charge in [-0.25, -0.2) is 8.42 Å². The Bertz CT molecular complexity index is 1420. The number of sulfonamides is 1. The van der Waals surface area contributed by atoms with Crippen LogP contribution in [0.15, 0.2) is 72.8 Å². The zero-order chi connectivity index (χ0) is 29.4. The van der Waals surface area contributed by atoms with Crippen LogP contribution < -0.4 is 9.62 Å². The number of carbonyl (C=O) groups excluding carboxylic acids is 2. The summed E-state index contributed by atoms with van der Waals surface area (Å²) in [5.41, 5.74) is 1.67. The van der Waals surface area contributed by atoms with Gasteiger partial charge in [-0.3, -0.25) is 13.9 Å². The Kier molecular flexibility index (Phi) is 11.3. The zero-order valence-electron chi connectivity index (χ0n) is 22.5. The lowest BCUT2D eigenvalue weighted by atomic mass is 10.0.